The maximum absolute atomic E-state index is 6.19. The SMILES string of the molecule is CCn1cc(CC(N)c2cscc2C)cn1. The van der Waals surface area contributed by atoms with Crippen molar-refractivity contribution in [2.45, 2.75) is 32.9 Å². The molecular weight excluding hydrogens is 218 g/mol. The molecule has 1 unspecified atom stereocenters. The molecule has 0 aliphatic rings. The van der Waals surface area contributed by atoms with E-state index >= 15 is 0 Å². The fraction of sp³-hybridized carbons (Fsp3) is 0.417. The molecule has 16 heavy (non-hydrogen) atoms. The minimum Gasteiger partial charge on any atom is -0.324 e. The van der Waals surface area contributed by atoms with Crippen molar-refractivity contribution in [3.63, 3.8) is 0 Å². The number of nitrogens with two attached hydrogens (primary N) is 1. The number of hydrogen-bond donors (Lipinski definition) is 1. The second-order valence-corrected chi connectivity index (χ2v) is 4.77. The van der Waals surface area contributed by atoms with Gasteiger partial charge in [-0.15, -0.1) is 0 Å². The second-order valence-electron chi connectivity index (χ2n) is 4.03. The predicted octanol–water partition coefficient (Wildman–Crippen LogP) is 2.52. The van der Waals surface area contributed by atoms with Crippen molar-refractivity contribution in [3.05, 3.63) is 39.8 Å². The van der Waals surface area contributed by atoms with Gasteiger partial charge in [-0.1, -0.05) is 0 Å². The van der Waals surface area contributed by atoms with Gasteiger partial charge in [0.25, 0.3) is 0 Å². The zero-order valence-corrected chi connectivity index (χ0v) is 10.5. The Balaban J connectivity index is 2.07. The fourth-order valence-electron chi connectivity index (χ4n) is 1.80. The van der Waals surface area contributed by atoms with Crippen LogP contribution in [-0.4, -0.2) is 9.78 Å². The molecule has 0 spiro atoms. The first-order chi connectivity index (χ1) is 7.70. The quantitative estimate of drug-likeness (QED) is 0.885. The Morgan fingerprint density at radius 3 is 2.88 bits per heavy atom. The third-order valence-corrected chi connectivity index (χ3v) is 3.64. The Morgan fingerprint density at radius 2 is 2.31 bits per heavy atom. The molecule has 0 amide bonds. The second kappa shape index (κ2) is 4.80. The molecule has 0 radical (unpaired) electrons. The van der Waals surface area contributed by atoms with Crippen LogP contribution in [0.3, 0.4) is 0 Å². The summed E-state index contributed by atoms with van der Waals surface area (Å²) in [6.45, 7) is 5.10. The summed E-state index contributed by atoms with van der Waals surface area (Å²) in [6, 6.07) is 0.0840. The summed E-state index contributed by atoms with van der Waals surface area (Å²) in [5, 5.41) is 8.54. The van der Waals surface area contributed by atoms with Crippen LogP contribution in [0.5, 0.6) is 0 Å². The van der Waals surface area contributed by atoms with E-state index in [-0.39, 0.29) is 6.04 Å². The van der Waals surface area contributed by atoms with Gasteiger partial charge in [-0.3, -0.25) is 4.68 Å². The molecule has 0 saturated carbocycles. The van der Waals surface area contributed by atoms with E-state index in [0.717, 1.165) is 13.0 Å². The summed E-state index contributed by atoms with van der Waals surface area (Å²) in [5.74, 6) is 0. The van der Waals surface area contributed by atoms with Crippen LogP contribution in [-0.2, 0) is 13.0 Å². The maximum atomic E-state index is 6.19. The van der Waals surface area contributed by atoms with Crippen LogP contribution in [0.25, 0.3) is 0 Å². The van der Waals surface area contributed by atoms with Gasteiger partial charge in [0.2, 0.25) is 0 Å². The standard InChI is InChI=1S/C12H17N3S/c1-3-15-6-10(5-14-15)4-12(13)11-8-16-7-9(11)2/h5-8,12H,3-4,13H2,1-2H3. The summed E-state index contributed by atoms with van der Waals surface area (Å²) in [4.78, 5) is 0. The van der Waals surface area contributed by atoms with Gasteiger partial charge in [0, 0.05) is 18.8 Å². The Bertz CT molecular complexity index is 458. The van der Waals surface area contributed by atoms with Crippen LogP contribution in [0.15, 0.2) is 23.2 Å². The first kappa shape index (κ1) is 11.4. The molecule has 0 aliphatic carbocycles. The number of aryl methyl sites for hydroxylation is 2. The monoisotopic (exact) mass is 235 g/mol. The Morgan fingerprint density at radius 1 is 1.50 bits per heavy atom. The number of nitrogens with zero attached hydrogens (tertiary/aromatic N) is 2. The molecule has 2 rings (SSSR count). The summed E-state index contributed by atoms with van der Waals surface area (Å²) >= 11 is 1.71. The summed E-state index contributed by atoms with van der Waals surface area (Å²) in [7, 11) is 0. The van der Waals surface area contributed by atoms with Crippen molar-refractivity contribution in [1.82, 2.24) is 9.78 Å². The van der Waals surface area contributed by atoms with E-state index < -0.39 is 0 Å². The number of aromatic nitrogens is 2. The van der Waals surface area contributed by atoms with Crippen molar-refractivity contribution >= 4 is 11.3 Å². The van der Waals surface area contributed by atoms with E-state index in [1.54, 1.807) is 11.3 Å². The first-order valence-electron chi connectivity index (χ1n) is 5.50. The van der Waals surface area contributed by atoms with Crippen molar-refractivity contribution in [3.8, 4) is 0 Å². The van der Waals surface area contributed by atoms with Gasteiger partial charge in [0.05, 0.1) is 6.20 Å². The third kappa shape index (κ3) is 2.33. The topological polar surface area (TPSA) is 43.8 Å². The largest absolute Gasteiger partial charge is 0.324 e. The first-order valence-corrected chi connectivity index (χ1v) is 6.44. The molecule has 2 heterocycles. The summed E-state index contributed by atoms with van der Waals surface area (Å²) in [6.07, 6.45) is 4.84. The van der Waals surface area contributed by atoms with E-state index in [9.17, 15) is 0 Å². The van der Waals surface area contributed by atoms with E-state index in [1.165, 1.54) is 16.7 Å². The normalized spacial score (nSPS) is 12.9. The highest BCUT2D eigenvalue weighted by atomic mass is 32.1. The molecule has 86 valence electrons. The number of hydrogen-bond acceptors (Lipinski definition) is 3. The lowest BCUT2D eigenvalue weighted by atomic mass is 10.0. The molecule has 2 N–H and O–H groups in total. The summed E-state index contributed by atoms with van der Waals surface area (Å²) in [5.41, 5.74) is 9.95. The molecule has 0 saturated heterocycles. The maximum Gasteiger partial charge on any atom is 0.0522 e. The molecule has 2 aromatic heterocycles. The van der Waals surface area contributed by atoms with Crippen LogP contribution in [0.4, 0.5) is 0 Å². The fourth-order valence-corrected chi connectivity index (χ4v) is 2.71. The van der Waals surface area contributed by atoms with Crippen molar-refractivity contribution in [2.24, 2.45) is 5.73 Å². The molecule has 0 aromatic carbocycles. The van der Waals surface area contributed by atoms with Crippen LogP contribution < -0.4 is 5.73 Å². The molecule has 4 heteroatoms. The van der Waals surface area contributed by atoms with Crippen LogP contribution in [0, 0.1) is 6.92 Å². The minimum atomic E-state index is 0.0840. The van der Waals surface area contributed by atoms with Gasteiger partial charge in [-0.05, 0) is 47.7 Å². The van der Waals surface area contributed by atoms with Crippen LogP contribution >= 0.6 is 11.3 Å². The van der Waals surface area contributed by atoms with Crippen LogP contribution in [0.1, 0.15) is 29.7 Å². The molecule has 0 aliphatic heterocycles. The van der Waals surface area contributed by atoms with Crippen molar-refractivity contribution < 1.29 is 0 Å². The van der Waals surface area contributed by atoms with Gasteiger partial charge in [-0.2, -0.15) is 16.4 Å². The molecule has 2 aromatic rings. The van der Waals surface area contributed by atoms with Crippen molar-refractivity contribution in [1.29, 1.82) is 0 Å². The van der Waals surface area contributed by atoms with Gasteiger partial charge in [-0.25, -0.2) is 0 Å². The molecule has 0 bridgehead atoms. The molecular formula is C12H17N3S. The lowest BCUT2D eigenvalue weighted by Gasteiger charge is -2.09. The van der Waals surface area contributed by atoms with Crippen molar-refractivity contribution in [2.75, 3.05) is 0 Å². The van der Waals surface area contributed by atoms with Gasteiger partial charge < -0.3 is 5.73 Å². The summed E-state index contributed by atoms with van der Waals surface area (Å²) < 4.78 is 1.93. The average molecular weight is 235 g/mol. The number of thiophene rings is 1. The highest BCUT2D eigenvalue weighted by Gasteiger charge is 2.11. The zero-order valence-electron chi connectivity index (χ0n) is 9.68. The smallest absolute Gasteiger partial charge is 0.0522 e. The lowest BCUT2D eigenvalue weighted by Crippen LogP contribution is -2.13. The van der Waals surface area contributed by atoms with Gasteiger partial charge in [0.1, 0.15) is 0 Å². The third-order valence-electron chi connectivity index (χ3n) is 2.76. The van der Waals surface area contributed by atoms with Gasteiger partial charge in [0.15, 0.2) is 0 Å². The van der Waals surface area contributed by atoms with E-state index in [2.05, 4.69) is 35.9 Å². The highest BCUT2D eigenvalue weighted by molar-refractivity contribution is 7.08. The predicted molar refractivity (Wildman–Crippen MR) is 67.6 cm³/mol. The van der Waals surface area contributed by atoms with Gasteiger partial charge >= 0.3 is 0 Å². The average Bonchev–Trinajstić information content (AvgIpc) is 2.86. The Labute approximate surface area is 99.9 Å². The Hall–Kier alpha value is -1.13. The zero-order chi connectivity index (χ0) is 11.5. The lowest BCUT2D eigenvalue weighted by molar-refractivity contribution is 0.657. The van der Waals surface area contributed by atoms with E-state index in [1.807, 2.05) is 10.9 Å². The highest BCUT2D eigenvalue weighted by Crippen LogP contribution is 2.22. The van der Waals surface area contributed by atoms with E-state index in [4.69, 9.17) is 5.73 Å². The molecule has 0 fully saturated rings. The van der Waals surface area contributed by atoms with E-state index in [0.29, 0.717) is 0 Å². The number of rotatable bonds is 4. The molecule has 1 atom stereocenters. The Kier molecular flexibility index (Phi) is 3.41. The van der Waals surface area contributed by atoms with Crippen LogP contribution in [0.2, 0.25) is 0 Å². The minimum absolute atomic E-state index is 0.0840. The molecule has 3 nitrogen and oxygen atoms in total.